The smallest absolute Gasteiger partial charge is 0.254 e. The van der Waals surface area contributed by atoms with Crippen LogP contribution in [0.15, 0.2) is 16.9 Å². The minimum absolute atomic E-state index is 0.0426. The lowest BCUT2D eigenvalue weighted by Gasteiger charge is -2.25. The number of aromatic nitrogens is 1. The van der Waals surface area contributed by atoms with Crippen LogP contribution in [0.3, 0.4) is 0 Å². The SMILES string of the molecule is CN(C)CCn1c(C(C)(C)C)cc(O)cc1=O. The summed E-state index contributed by atoms with van der Waals surface area (Å²) in [6.07, 6.45) is 0. The lowest BCUT2D eigenvalue weighted by atomic mass is 9.91. The van der Waals surface area contributed by atoms with Gasteiger partial charge in [0.25, 0.3) is 5.56 Å². The first-order valence-corrected chi connectivity index (χ1v) is 5.81. The maximum Gasteiger partial charge on any atom is 0.254 e. The Morgan fingerprint density at radius 3 is 2.35 bits per heavy atom. The van der Waals surface area contributed by atoms with Crippen LogP contribution in [-0.4, -0.2) is 35.2 Å². The Bertz CT molecular complexity index is 442. The molecule has 0 saturated heterocycles. The summed E-state index contributed by atoms with van der Waals surface area (Å²) in [5.41, 5.74) is 0.561. The van der Waals surface area contributed by atoms with Crippen molar-refractivity contribution in [3.63, 3.8) is 0 Å². The normalized spacial score (nSPS) is 12.1. The molecular formula is C13H22N2O2. The molecule has 0 aromatic carbocycles. The summed E-state index contributed by atoms with van der Waals surface area (Å²) in [6, 6.07) is 2.95. The molecule has 0 radical (unpaired) electrons. The predicted octanol–water partition coefficient (Wildman–Crippen LogP) is 1.41. The van der Waals surface area contributed by atoms with Crippen LogP contribution in [0, 0.1) is 0 Å². The van der Waals surface area contributed by atoms with Crippen LogP contribution in [0.2, 0.25) is 0 Å². The van der Waals surface area contributed by atoms with E-state index in [0.717, 1.165) is 12.2 Å². The van der Waals surface area contributed by atoms with E-state index in [1.54, 1.807) is 10.6 Å². The summed E-state index contributed by atoms with van der Waals surface area (Å²) in [6.45, 7) is 7.54. The molecule has 0 spiro atoms. The highest BCUT2D eigenvalue weighted by Gasteiger charge is 2.19. The van der Waals surface area contributed by atoms with Crippen LogP contribution < -0.4 is 5.56 Å². The summed E-state index contributed by atoms with van der Waals surface area (Å²) in [4.78, 5) is 13.9. The highest BCUT2D eigenvalue weighted by molar-refractivity contribution is 5.26. The van der Waals surface area contributed by atoms with Crippen molar-refractivity contribution in [1.82, 2.24) is 9.47 Å². The molecule has 0 unspecified atom stereocenters. The molecule has 0 fully saturated rings. The molecule has 1 aromatic heterocycles. The van der Waals surface area contributed by atoms with E-state index in [0.29, 0.717) is 6.54 Å². The largest absolute Gasteiger partial charge is 0.508 e. The van der Waals surface area contributed by atoms with Crippen molar-refractivity contribution in [1.29, 1.82) is 0 Å². The summed E-state index contributed by atoms with van der Waals surface area (Å²) in [5, 5.41) is 9.54. The maximum absolute atomic E-state index is 11.9. The molecule has 0 aliphatic rings. The molecule has 1 rings (SSSR count). The van der Waals surface area contributed by atoms with Crippen LogP contribution in [0.25, 0.3) is 0 Å². The standard InChI is InChI=1S/C13H22N2O2/c1-13(2,3)11-8-10(16)9-12(17)15(11)7-6-14(4)5/h8-9,16H,6-7H2,1-5H3. The second kappa shape index (κ2) is 4.92. The van der Waals surface area contributed by atoms with E-state index in [1.807, 2.05) is 39.8 Å². The van der Waals surface area contributed by atoms with E-state index in [4.69, 9.17) is 0 Å². The molecule has 4 nitrogen and oxygen atoms in total. The molecule has 0 amide bonds. The van der Waals surface area contributed by atoms with E-state index in [1.165, 1.54) is 6.07 Å². The van der Waals surface area contributed by atoms with Crippen molar-refractivity contribution >= 4 is 0 Å². The minimum Gasteiger partial charge on any atom is -0.508 e. The summed E-state index contributed by atoms with van der Waals surface area (Å²) in [7, 11) is 3.95. The first kappa shape index (κ1) is 13.8. The van der Waals surface area contributed by atoms with E-state index in [-0.39, 0.29) is 16.7 Å². The quantitative estimate of drug-likeness (QED) is 0.866. The van der Waals surface area contributed by atoms with Gasteiger partial charge in [0.05, 0.1) is 0 Å². The third-order valence-corrected chi connectivity index (χ3v) is 2.65. The summed E-state index contributed by atoms with van der Waals surface area (Å²) >= 11 is 0. The molecule has 0 atom stereocenters. The summed E-state index contributed by atoms with van der Waals surface area (Å²) < 4.78 is 1.74. The van der Waals surface area contributed by atoms with E-state index in [9.17, 15) is 9.90 Å². The maximum atomic E-state index is 11.9. The monoisotopic (exact) mass is 238 g/mol. The van der Waals surface area contributed by atoms with Crippen LogP contribution in [0.5, 0.6) is 5.75 Å². The Hall–Kier alpha value is -1.29. The van der Waals surface area contributed by atoms with E-state index >= 15 is 0 Å². The number of likely N-dealkylation sites (N-methyl/N-ethyl adjacent to an activating group) is 1. The Labute approximate surface area is 102 Å². The number of rotatable bonds is 3. The van der Waals surface area contributed by atoms with Crippen LogP contribution in [-0.2, 0) is 12.0 Å². The van der Waals surface area contributed by atoms with Crippen LogP contribution >= 0.6 is 0 Å². The highest BCUT2D eigenvalue weighted by Crippen LogP contribution is 2.23. The molecule has 17 heavy (non-hydrogen) atoms. The van der Waals surface area contributed by atoms with Crippen molar-refractivity contribution in [3.05, 3.63) is 28.2 Å². The summed E-state index contributed by atoms with van der Waals surface area (Å²) in [5.74, 6) is 0.0426. The van der Waals surface area contributed by atoms with E-state index < -0.39 is 0 Å². The van der Waals surface area contributed by atoms with Gasteiger partial charge >= 0.3 is 0 Å². The first-order chi connectivity index (χ1) is 7.71. The minimum atomic E-state index is -0.162. The van der Waals surface area contributed by atoms with Gasteiger partial charge in [0.1, 0.15) is 5.75 Å². The molecule has 96 valence electrons. The fraction of sp³-hybridized carbons (Fsp3) is 0.615. The molecule has 1 N–H and O–H groups in total. The average molecular weight is 238 g/mol. The molecule has 0 bridgehead atoms. The fourth-order valence-corrected chi connectivity index (χ4v) is 1.73. The van der Waals surface area contributed by atoms with Crippen molar-refractivity contribution in [2.45, 2.75) is 32.7 Å². The van der Waals surface area contributed by atoms with Gasteiger partial charge in [0, 0.05) is 36.3 Å². The van der Waals surface area contributed by atoms with Gasteiger partial charge in [-0.1, -0.05) is 20.8 Å². The zero-order chi connectivity index (χ0) is 13.2. The van der Waals surface area contributed by atoms with E-state index in [2.05, 4.69) is 0 Å². The number of hydrogen-bond acceptors (Lipinski definition) is 3. The van der Waals surface area contributed by atoms with Gasteiger partial charge in [-0.15, -0.1) is 0 Å². The number of nitrogens with zero attached hydrogens (tertiary/aromatic N) is 2. The average Bonchev–Trinajstić information content (AvgIpc) is 2.13. The Morgan fingerprint density at radius 1 is 1.29 bits per heavy atom. The lowest BCUT2D eigenvalue weighted by Crippen LogP contribution is -2.32. The Kier molecular flexibility index (Phi) is 3.98. The van der Waals surface area contributed by atoms with Crippen molar-refractivity contribution < 1.29 is 5.11 Å². The van der Waals surface area contributed by atoms with Gasteiger partial charge in [0.2, 0.25) is 0 Å². The first-order valence-electron chi connectivity index (χ1n) is 5.81. The number of hydrogen-bond donors (Lipinski definition) is 1. The van der Waals surface area contributed by atoms with Crippen LogP contribution in [0.4, 0.5) is 0 Å². The third kappa shape index (κ3) is 3.60. The Morgan fingerprint density at radius 2 is 1.88 bits per heavy atom. The molecule has 0 aliphatic carbocycles. The van der Waals surface area contributed by atoms with Gasteiger partial charge in [-0.3, -0.25) is 4.79 Å². The molecule has 0 saturated carbocycles. The molecule has 1 heterocycles. The molecule has 4 heteroatoms. The van der Waals surface area contributed by atoms with Crippen molar-refractivity contribution in [3.8, 4) is 5.75 Å². The van der Waals surface area contributed by atoms with Gasteiger partial charge in [0.15, 0.2) is 0 Å². The second-order valence-electron chi connectivity index (χ2n) is 5.64. The Balaban J connectivity index is 3.22. The van der Waals surface area contributed by atoms with Gasteiger partial charge in [-0.25, -0.2) is 0 Å². The third-order valence-electron chi connectivity index (χ3n) is 2.65. The van der Waals surface area contributed by atoms with Crippen molar-refractivity contribution in [2.75, 3.05) is 20.6 Å². The zero-order valence-corrected chi connectivity index (χ0v) is 11.3. The van der Waals surface area contributed by atoms with Gasteiger partial charge in [-0.05, 0) is 14.1 Å². The van der Waals surface area contributed by atoms with Crippen molar-refractivity contribution in [2.24, 2.45) is 0 Å². The predicted molar refractivity (Wildman–Crippen MR) is 69.6 cm³/mol. The molecule has 0 aliphatic heterocycles. The molecule has 1 aromatic rings. The highest BCUT2D eigenvalue weighted by atomic mass is 16.3. The topological polar surface area (TPSA) is 45.5 Å². The molecular weight excluding hydrogens is 216 g/mol. The number of pyridine rings is 1. The second-order valence-corrected chi connectivity index (χ2v) is 5.64. The van der Waals surface area contributed by atoms with Crippen LogP contribution in [0.1, 0.15) is 26.5 Å². The zero-order valence-electron chi connectivity index (χ0n) is 11.3. The lowest BCUT2D eigenvalue weighted by molar-refractivity contribution is 0.366. The van der Waals surface area contributed by atoms with Gasteiger partial charge in [-0.2, -0.15) is 0 Å². The van der Waals surface area contributed by atoms with Gasteiger partial charge < -0.3 is 14.6 Å². The number of aromatic hydroxyl groups is 1. The fourth-order valence-electron chi connectivity index (χ4n) is 1.73.